The van der Waals surface area contributed by atoms with Crippen LogP contribution >= 0.6 is 0 Å². The van der Waals surface area contributed by atoms with Crippen LogP contribution in [0.15, 0.2) is 24.3 Å². The lowest BCUT2D eigenvalue weighted by atomic mass is 9.77. The van der Waals surface area contributed by atoms with Gasteiger partial charge < -0.3 is 16.0 Å². The number of carbonyl (C=O) groups is 2. The number of hydrogen-bond acceptors (Lipinski definition) is 3. The van der Waals surface area contributed by atoms with E-state index in [1.165, 1.54) is 0 Å². The van der Waals surface area contributed by atoms with E-state index in [-0.39, 0.29) is 6.04 Å². The van der Waals surface area contributed by atoms with Crippen molar-refractivity contribution < 1.29 is 9.59 Å². The minimum absolute atomic E-state index is 0.0367. The van der Waals surface area contributed by atoms with Gasteiger partial charge in [-0.05, 0) is 53.0 Å². The third-order valence-electron chi connectivity index (χ3n) is 4.71. The van der Waals surface area contributed by atoms with Gasteiger partial charge in [-0.3, -0.25) is 9.59 Å². The maximum absolute atomic E-state index is 12.8. The lowest BCUT2D eigenvalue weighted by Gasteiger charge is -2.54. The zero-order valence-corrected chi connectivity index (χ0v) is 15.3. The highest BCUT2D eigenvalue weighted by Crippen LogP contribution is 2.37. The number of aryl methyl sites for hydroxylation is 1. The highest BCUT2D eigenvalue weighted by molar-refractivity contribution is 6.35. The predicted octanol–water partition coefficient (Wildman–Crippen LogP) is 2.12. The second kappa shape index (κ2) is 6.55. The molecule has 3 N–H and O–H groups in total. The number of benzene rings is 1. The molecule has 1 aliphatic rings. The summed E-state index contributed by atoms with van der Waals surface area (Å²) in [5, 5.41) is 2.74. The molecule has 0 aromatic heterocycles. The molecule has 0 unspecified atom stereocenters. The van der Waals surface area contributed by atoms with Crippen molar-refractivity contribution in [2.75, 3.05) is 0 Å². The number of rotatable bonds is 2. The third kappa shape index (κ3) is 3.96. The van der Waals surface area contributed by atoms with Crippen molar-refractivity contribution in [2.24, 2.45) is 5.73 Å². The van der Waals surface area contributed by atoms with Crippen molar-refractivity contribution in [3.8, 4) is 0 Å². The van der Waals surface area contributed by atoms with E-state index in [0.717, 1.165) is 11.1 Å². The van der Waals surface area contributed by atoms with Crippen molar-refractivity contribution in [2.45, 2.75) is 71.1 Å². The number of piperidine rings is 1. The van der Waals surface area contributed by atoms with E-state index in [9.17, 15) is 9.59 Å². The minimum Gasteiger partial charge on any atom is -0.344 e. The van der Waals surface area contributed by atoms with Crippen LogP contribution in [0.1, 0.15) is 51.7 Å². The Labute approximate surface area is 144 Å². The molecular weight excluding hydrogens is 302 g/mol. The summed E-state index contributed by atoms with van der Waals surface area (Å²) in [6, 6.07) is 7.92. The zero-order valence-electron chi connectivity index (χ0n) is 15.3. The van der Waals surface area contributed by atoms with Gasteiger partial charge in [0.15, 0.2) is 0 Å². The summed E-state index contributed by atoms with van der Waals surface area (Å²) in [4.78, 5) is 26.9. The average Bonchev–Trinajstić information content (AvgIpc) is 2.43. The van der Waals surface area contributed by atoms with Gasteiger partial charge in [-0.15, -0.1) is 0 Å². The standard InChI is InChI=1S/C19H29N3O2/c1-13-6-8-14(9-7-13)12-21-16(23)17(24)22-18(2,3)10-15(20)11-19(22,4)5/h6-9,15H,10-12,20H2,1-5H3,(H,21,23). The van der Waals surface area contributed by atoms with Crippen LogP contribution < -0.4 is 11.1 Å². The summed E-state index contributed by atoms with van der Waals surface area (Å²) in [6.07, 6.45) is 1.38. The fourth-order valence-corrected chi connectivity index (χ4v) is 3.97. The first kappa shape index (κ1) is 18.5. The Morgan fingerprint density at radius 2 is 1.62 bits per heavy atom. The summed E-state index contributed by atoms with van der Waals surface area (Å²) in [7, 11) is 0. The highest BCUT2D eigenvalue weighted by atomic mass is 16.2. The van der Waals surface area contributed by atoms with Crippen LogP contribution in [0.3, 0.4) is 0 Å². The van der Waals surface area contributed by atoms with Crippen molar-refractivity contribution in [1.82, 2.24) is 10.2 Å². The van der Waals surface area contributed by atoms with Crippen LogP contribution in [0, 0.1) is 6.92 Å². The molecule has 2 rings (SSSR count). The van der Waals surface area contributed by atoms with Gasteiger partial charge in [0.2, 0.25) is 0 Å². The summed E-state index contributed by atoms with van der Waals surface area (Å²) < 4.78 is 0. The molecule has 24 heavy (non-hydrogen) atoms. The van der Waals surface area contributed by atoms with Crippen LogP contribution in [-0.4, -0.2) is 33.8 Å². The van der Waals surface area contributed by atoms with Crippen molar-refractivity contribution in [3.63, 3.8) is 0 Å². The van der Waals surface area contributed by atoms with Crippen molar-refractivity contribution >= 4 is 11.8 Å². The minimum atomic E-state index is -0.563. The fraction of sp³-hybridized carbons (Fsp3) is 0.579. The van der Waals surface area contributed by atoms with E-state index in [4.69, 9.17) is 5.73 Å². The van der Waals surface area contributed by atoms with Gasteiger partial charge in [-0.2, -0.15) is 0 Å². The Bertz CT molecular complexity index is 602. The summed E-state index contributed by atoms with van der Waals surface area (Å²) in [5.41, 5.74) is 7.38. The largest absolute Gasteiger partial charge is 0.344 e. The Morgan fingerprint density at radius 1 is 1.12 bits per heavy atom. The highest BCUT2D eigenvalue weighted by Gasteiger charge is 2.48. The Hall–Kier alpha value is -1.88. The number of likely N-dealkylation sites (tertiary alicyclic amines) is 1. The van der Waals surface area contributed by atoms with Gasteiger partial charge in [0.1, 0.15) is 0 Å². The molecule has 1 heterocycles. The lowest BCUT2D eigenvalue weighted by Crippen LogP contribution is -2.67. The van der Waals surface area contributed by atoms with Gasteiger partial charge in [0, 0.05) is 23.7 Å². The summed E-state index contributed by atoms with van der Waals surface area (Å²) in [5.74, 6) is -1.05. The van der Waals surface area contributed by atoms with Crippen LogP contribution in [0.2, 0.25) is 0 Å². The smallest absolute Gasteiger partial charge is 0.312 e. The lowest BCUT2D eigenvalue weighted by molar-refractivity contribution is -0.159. The first-order valence-corrected chi connectivity index (χ1v) is 8.46. The molecule has 1 aromatic rings. The van der Waals surface area contributed by atoms with Gasteiger partial charge >= 0.3 is 11.8 Å². The molecule has 2 amide bonds. The summed E-state index contributed by atoms with van der Waals surface area (Å²) >= 11 is 0. The predicted molar refractivity (Wildman–Crippen MR) is 95.2 cm³/mol. The molecule has 1 saturated heterocycles. The van der Waals surface area contributed by atoms with Crippen LogP contribution in [0.5, 0.6) is 0 Å². The molecule has 0 bridgehead atoms. The third-order valence-corrected chi connectivity index (χ3v) is 4.71. The van der Waals surface area contributed by atoms with Crippen LogP contribution in [-0.2, 0) is 16.1 Å². The van der Waals surface area contributed by atoms with E-state index < -0.39 is 22.9 Å². The quantitative estimate of drug-likeness (QED) is 0.815. The molecule has 1 aliphatic heterocycles. The van der Waals surface area contributed by atoms with Crippen LogP contribution in [0.4, 0.5) is 0 Å². The Balaban J connectivity index is 2.08. The fourth-order valence-electron chi connectivity index (χ4n) is 3.97. The van der Waals surface area contributed by atoms with Crippen molar-refractivity contribution in [3.05, 3.63) is 35.4 Å². The number of nitrogens with one attached hydrogen (secondary N) is 1. The number of hydrogen-bond donors (Lipinski definition) is 2. The number of amides is 2. The van der Waals surface area contributed by atoms with Gasteiger partial charge in [0.25, 0.3) is 0 Å². The maximum Gasteiger partial charge on any atom is 0.312 e. The van der Waals surface area contributed by atoms with E-state index in [1.54, 1.807) is 4.90 Å². The molecule has 0 aliphatic carbocycles. The molecule has 5 nitrogen and oxygen atoms in total. The zero-order chi connectivity index (χ0) is 18.1. The molecule has 0 saturated carbocycles. The van der Waals surface area contributed by atoms with E-state index >= 15 is 0 Å². The van der Waals surface area contributed by atoms with E-state index in [0.29, 0.717) is 19.4 Å². The van der Waals surface area contributed by atoms with Gasteiger partial charge in [0.05, 0.1) is 0 Å². The molecule has 0 radical (unpaired) electrons. The normalized spacial score (nSPS) is 19.8. The first-order valence-electron chi connectivity index (χ1n) is 8.46. The molecule has 1 fully saturated rings. The SMILES string of the molecule is Cc1ccc(CNC(=O)C(=O)N2C(C)(C)CC(N)CC2(C)C)cc1. The number of nitrogens with zero attached hydrogens (tertiary/aromatic N) is 1. The molecule has 0 spiro atoms. The molecule has 0 atom stereocenters. The second-order valence-electron chi connectivity index (χ2n) is 8.10. The second-order valence-corrected chi connectivity index (χ2v) is 8.10. The number of nitrogens with two attached hydrogens (primary N) is 1. The van der Waals surface area contributed by atoms with Crippen LogP contribution in [0.25, 0.3) is 0 Å². The first-order chi connectivity index (χ1) is 11.0. The Kier molecular flexibility index (Phi) is 5.04. The molecular formula is C19H29N3O2. The molecule has 5 heteroatoms. The molecule has 132 valence electrons. The van der Waals surface area contributed by atoms with Gasteiger partial charge in [-0.25, -0.2) is 0 Å². The summed E-state index contributed by atoms with van der Waals surface area (Å²) in [6.45, 7) is 10.2. The number of carbonyl (C=O) groups excluding carboxylic acids is 2. The van der Waals surface area contributed by atoms with E-state index in [1.807, 2.05) is 58.9 Å². The Morgan fingerprint density at radius 3 is 2.12 bits per heavy atom. The molecule has 1 aromatic carbocycles. The van der Waals surface area contributed by atoms with E-state index in [2.05, 4.69) is 5.32 Å². The van der Waals surface area contributed by atoms with Gasteiger partial charge in [-0.1, -0.05) is 29.8 Å². The monoisotopic (exact) mass is 331 g/mol. The van der Waals surface area contributed by atoms with Crippen molar-refractivity contribution in [1.29, 1.82) is 0 Å². The maximum atomic E-state index is 12.8. The topological polar surface area (TPSA) is 75.4 Å². The average molecular weight is 331 g/mol.